The zero-order chi connectivity index (χ0) is 7.56. The third kappa shape index (κ3) is 1.18. The highest BCUT2D eigenvalue weighted by atomic mass is 32.1. The van der Waals surface area contributed by atoms with Gasteiger partial charge in [-0.15, -0.1) is 0 Å². The minimum absolute atomic E-state index is 0.138. The summed E-state index contributed by atoms with van der Waals surface area (Å²) in [7, 11) is 1.73. The zero-order valence-electron chi connectivity index (χ0n) is 5.68. The summed E-state index contributed by atoms with van der Waals surface area (Å²) in [5.74, 6) is 0. The summed E-state index contributed by atoms with van der Waals surface area (Å²) in [5.41, 5.74) is 0. The van der Waals surface area contributed by atoms with Crippen LogP contribution in [0.2, 0.25) is 0 Å². The summed E-state index contributed by atoms with van der Waals surface area (Å²) in [6, 6.07) is 0.138. The minimum Gasteiger partial charge on any atom is -0.463 e. The normalized spacial score (nSPS) is 16.9. The van der Waals surface area contributed by atoms with Crippen LogP contribution < -0.4 is 5.32 Å². The van der Waals surface area contributed by atoms with Gasteiger partial charge >= 0.3 is 0 Å². The molecule has 0 aliphatic carbocycles. The maximum absolute atomic E-state index is 7.22. The van der Waals surface area contributed by atoms with E-state index in [9.17, 15) is 0 Å². The summed E-state index contributed by atoms with van der Waals surface area (Å²) >= 11 is 4.89. The third-order valence-electron chi connectivity index (χ3n) is 1.26. The lowest BCUT2D eigenvalue weighted by Crippen LogP contribution is -2.38. The van der Waals surface area contributed by atoms with E-state index < -0.39 is 0 Å². The smallest absolute Gasteiger partial charge is 0.290 e. The van der Waals surface area contributed by atoms with Crippen molar-refractivity contribution in [3.05, 3.63) is 0 Å². The number of hydrogen-bond donors (Lipinski definition) is 2. The maximum atomic E-state index is 7.22. The van der Waals surface area contributed by atoms with Gasteiger partial charge in [-0.1, -0.05) is 0 Å². The molecule has 0 aromatic carbocycles. The Labute approximate surface area is 64.7 Å². The predicted octanol–water partition coefficient (Wildman–Crippen LogP) is -0.242. The lowest BCUT2D eigenvalue weighted by Gasteiger charge is -2.13. The lowest BCUT2D eigenvalue weighted by atomic mass is 10.6. The summed E-state index contributed by atoms with van der Waals surface area (Å²) in [5, 5.41) is 10.5. The molecule has 56 valence electrons. The molecule has 0 aromatic rings. The molecule has 1 aliphatic heterocycles. The second-order valence-electron chi connectivity index (χ2n) is 1.86. The fraction of sp³-hybridized carbons (Fsp3) is 0.600. The fourth-order valence-corrected chi connectivity index (χ4v) is 0.916. The number of hydrogen-bond acceptors (Lipinski definition) is 3. The van der Waals surface area contributed by atoms with Crippen LogP contribution >= 0.6 is 12.2 Å². The molecule has 5 heteroatoms. The summed E-state index contributed by atoms with van der Waals surface area (Å²) in [6.45, 7) is 1.24. The number of nitrogens with zero attached hydrogens (tertiary/aromatic N) is 1. The Hall–Kier alpha value is -0.840. The van der Waals surface area contributed by atoms with Crippen LogP contribution in [-0.4, -0.2) is 36.2 Å². The van der Waals surface area contributed by atoms with Crippen LogP contribution in [0.5, 0.6) is 0 Å². The highest BCUT2D eigenvalue weighted by molar-refractivity contribution is 7.80. The number of ether oxygens (including phenoxy) is 1. The van der Waals surface area contributed by atoms with Crippen molar-refractivity contribution in [1.29, 1.82) is 5.41 Å². The topological polar surface area (TPSA) is 48.4 Å². The van der Waals surface area contributed by atoms with Gasteiger partial charge in [0.1, 0.15) is 6.61 Å². The summed E-state index contributed by atoms with van der Waals surface area (Å²) in [4.78, 5) is 1.61. The summed E-state index contributed by atoms with van der Waals surface area (Å²) < 4.78 is 4.87. The van der Waals surface area contributed by atoms with E-state index in [1.54, 1.807) is 11.9 Å². The standard InChI is InChI=1S/C5H9N3OS/c1-7-5(10)8-2-3-9-4(8)6/h6H,2-3H2,1H3,(H,7,10). The first-order valence-corrected chi connectivity index (χ1v) is 3.37. The molecular weight excluding hydrogens is 150 g/mol. The van der Waals surface area contributed by atoms with Gasteiger partial charge in [-0.05, 0) is 12.2 Å². The molecule has 0 unspecified atom stereocenters. The van der Waals surface area contributed by atoms with Crippen LogP contribution in [-0.2, 0) is 4.74 Å². The van der Waals surface area contributed by atoms with Crippen LogP contribution in [0.4, 0.5) is 0 Å². The molecule has 10 heavy (non-hydrogen) atoms. The predicted molar refractivity (Wildman–Crippen MR) is 42.0 cm³/mol. The van der Waals surface area contributed by atoms with Gasteiger partial charge in [0, 0.05) is 7.05 Å². The average molecular weight is 159 g/mol. The summed E-state index contributed by atoms with van der Waals surface area (Å²) in [6.07, 6.45) is 0. The van der Waals surface area contributed by atoms with Crippen molar-refractivity contribution < 1.29 is 4.74 Å². The van der Waals surface area contributed by atoms with Crippen molar-refractivity contribution in [3.8, 4) is 0 Å². The molecule has 0 radical (unpaired) electrons. The number of rotatable bonds is 0. The molecule has 0 spiro atoms. The largest absolute Gasteiger partial charge is 0.463 e. The van der Waals surface area contributed by atoms with Gasteiger partial charge in [-0.25, -0.2) is 0 Å². The van der Waals surface area contributed by atoms with E-state index in [4.69, 9.17) is 22.4 Å². The van der Waals surface area contributed by atoms with E-state index in [1.165, 1.54) is 0 Å². The Morgan fingerprint density at radius 2 is 2.60 bits per heavy atom. The Morgan fingerprint density at radius 1 is 1.90 bits per heavy atom. The monoisotopic (exact) mass is 159 g/mol. The molecule has 1 rings (SSSR count). The van der Waals surface area contributed by atoms with E-state index in [0.717, 1.165) is 0 Å². The van der Waals surface area contributed by atoms with E-state index in [2.05, 4.69) is 5.32 Å². The van der Waals surface area contributed by atoms with Crippen molar-refractivity contribution >= 4 is 23.4 Å². The highest BCUT2D eigenvalue weighted by Crippen LogP contribution is 2.01. The number of nitrogens with one attached hydrogen (secondary N) is 2. The molecule has 0 saturated carbocycles. The van der Waals surface area contributed by atoms with Crippen molar-refractivity contribution in [1.82, 2.24) is 10.2 Å². The SMILES string of the molecule is CNC(=S)N1CCOC1=N. The van der Waals surface area contributed by atoms with Gasteiger partial charge < -0.3 is 10.1 Å². The van der Waals surface area contributed by atoms with Gasteiger partial charge in [0.05, 0.1) is 6.54 Å². The Bertz CT molecular complexity index is 170. The van der Waals surface area contributed by atoms with Gasteiger partial charge in [0.15, 0.2) is 5.11 Å². The first kappa shape index (κ1) is 7.27. The average Bonchev–Trinajstić information content (AvgIpc) is 2.34. The number of amidine groups is 1. The fourth-order valence-electron chi connectivity index (χ4n) is 0.742. The second kappa shape index (κ2) is 2.83. The molecule has 4 nitrogen and oxygen atoms in total. The van der Waals surface area contributed by atoms with E-state index in [0.29, 0.717) is 18.3 Å². The van der Waals surface area contributed by atoms with Crippen LogP contribution in [0.3, 0.4) is 0 Å². The minimum atomic E-state index is 0.138. The van der Waals surface area contributed by atoms with E-state index in [1.807, 2.05) is 0 Å². The Kier molecular flexibility index (Phi) is 2.06. The van der Waals surface area contributed by atoms with Crippen molar-refractivity contribution in [3.63, 3.8) is 0 Å². The molecule has 1 saturated heterocycles. The van der Waals surface area contributed by atoms with Gasteiger partial charge in [0.2, 0.25) is 0 Å². The second-order valence-corrected chi connectivity index (χ2v) is 2.25. The lowest BCUT2D eigenvalue weighted by molar-refractivity contribution is 0.349. The number of thiocarbonyl (C=S) groups is 1. The molecule has 1 aliphatic rings. The van der Waals surface area contributed by atoms with Crippen LogP contribution in [0, 0.1) is 5.41 Å². The highest BCUT2D eigenvalue weighted by Gasteiger charge is 2.20. The third-order valence-corrected chi connectivity index (χ3v) is 1.68. The molecule has 1 heterocycles. The van der Waals surface area contributed by atoms with Crippen molar-refractivity contribution in [2.75, 3.05) is 20.2 Å². The van der Waals surface area contributed by atoms with E-state index in [-0.39, 0.29) is 6.02 Å². The first-order valence-electron chi connectivity index (χ1n) is 2.96. The molecule has 0 atom stereocenters. The first-order chi connectivity index (χ1) is 4.75. The molecular formula is C5H9N3OS. The molecule has 0 amide bonds. The van der Waals surface area contributed by atoms with Gasteiger partial charge in [0.25, 0.3) is 6.02 Å². The van der Waals surface area contributed by atoms with Crippen LogP contribution in [0.25, 0.3) is 0 Å². The quantitative estimate of drug-likeness (QED) is 0.479. The molecule has 0 bridgehead atoms. The maximum Gasteiger partial charge on any atom is 0.290 e. The van der Waals surface area contributed by atoms with E-state index >= 15 is 0 Å². The Balaban J connectivity index is 2.55. The zero-order valence-corrected chi connectivity index (χ0v) is 6.49. The molecule has 1 fully saturated rings. The molecule has 2 N–H and O–H groups in total. The van der Waals surface area contributed by atoms with Gasteiger partial charge in [-0.2, -0.15) is 0 Å². The van der Waals surface area contributed by atoms with Crippen LogP contribution in [0.1, 0.15) is 0 Å². The van der Waals surface area contributed by atoms with Crippen molar-refractivity contribution in [2.24, 2.45) is 0 Å². The van der Waals surface area contributed by atoms with Crippen LogP contribution in [0.15, 0.2) is 0 Å². The molecule has 0 aromatic heterocycles. The van der Waals surface area contributed by atoms with Gasteiger partial charge in [-0.3, -0.25) is 10.3 Å². The van der Waals surface area contributed by atoms with Crippen molar-refractivity contribution in [2.45, 2.75) is 0 Å². The Morgan fingerprint density at radius 3 is 3.00 bits per heavy atom.